The molecule has 0 spiro atoms. The number of carbonyl (C=O) groups is 1. The minimum absolute atomic E-state index is 0.174. The third kappa shape index (κ3) is 2.27. The van der Waals surface area contributed by atoms with E-state index >= 15 is 0 Å². The van der Waals surface area contributed by atoms with Gasteiger partial charge in [-0.15, -0.1) is 23.2 Å². The Morgan fingerprint density at radius 3 is 2.44 bits per heavy atom. The van der Waals surface area contributed by atoms with Crippen LogP contribution < -0.4 is 10.2 Å². The fourth-order valence-electron chi connectivity index (χ4n) is 1.64. The van der Waals surface area contributed by atoms with Crippen molar-refractivity contribution in [1.82, 2.24) is 4.98 Å². The molecule has 0 radical (unpaired) electrons. The number of carbonyl (C=O) groups excluding carboxylic acids is 1. The van der Waals surface area contributed by atoms with Crippen molar-refractivity contribution in [2.75, 3.05) is 24.3 Å². The van der Waals surface area contributed by atoms with E-state index in [2.05, 4.69) is 10.3 Å². The first-order valence-electron chi connectivity index (χ1n) is 5.59. The molecule has 1 saturated carbocycles. The number of aromatic nitrogens is 1. The Bertz CT molecular complexity index is 473. The molecule has 4 nitrogen and oxygen atoms in total. The van der Waals surface area contributed by atoms with Gasteiger partial charge in [0.25, 0.3) is 0 Å². The number of hydrogen-bond acceptors (Lipinski definition) is 3. The minimum atomic E-state index is -0.950. The summed E-state index contributed by atoms with van der Waals surface area (Å²) in [7, 11) is 3.81. The summed E-state index contributed by atoms with van der Waals surface area (Å²) in [6.45, 7) is 1.75. The smallest absolute Gasteiger partial charge is 0.233 e. The van der Waals surface area contributed by atoms with Gasteiger partial charge < -0.3 is 10.2 Å². The maximum absolute atomic E-state index is 12.0. The molecule has 0 aromatic carbocycles. The van der Waals surface area contributed by atoms with Crippen molar-refractivity contribution in [2.45, 2.75) is 17.7 Å². The highest BCUT2D eigenvalue weighted by Crippen LogP contribution is 2.64. The summed E-state index contributed by atoms with van der Waals surface area (Å²) >= 11 is 11.9. The Hall–Kier alpha value is -1.00. The van der Waals surface area contributed by atoms with Crippen molar-refractivity contribution in [1.29, 1.82) is 0 Å². The lowest BCUT2D eigenvalue weighted by molar-refractivity contribution is -0.120. The number of anilines is 2. The molecular formula is C12H15Cl2N3O. The normalized spacial score (nSPS) is 24.5. The van der Waals surface area contributed by atoms with Gasteiger partial charge in [-0.3, -0.25) is 4.79 Å². The number of hydrogen-bond donors (Lipinski definition) is 1. The molecule has 1 aliphatic carbocycles. The summed E-state index contributed by atoms with van der Waals surface area (Å²) < 4.78 is -0.950. The average molecular weight is 288 g/mol. The number of rotatable bonds is 3. The molecule has 1 atom stereocenters. The molecule has 1 aliphatic rings. The van der Waals surface area contributed by atoms with E-state index in [-0.39, 0.29) is 5.91 Å². The van der Waals surface area contributed by atoms with E-state index < -0.39 is 9.75 Å². The van der Waals surface area contributed by atoms with E-state index in [1.165, 1.54) is 0 Å². The molecule has 98 valence electrons. The monoisotopic (exact) mass is 287 g/mol. The quantitative estimate of drug-likeness (QED) is 0.870. The summed E-state index contributed by atoms with van der Waals surface area (Å²) in [5, 5.41) is 2.78. The molecule has 1 fully saturated rings. The highest BCUT2D eigenvalue weighted by molar-refractivity contribution is 6.53. The maximum atomic E-state index is 12.0. The van der Waals surface area contributed by atoms with Crippen LogP contribution in [0.2, 0.25) is 0 Å². The van der Waals surface area contributed by atoms with E-state index in [1.807, 2.05) is 25.1 Å². The molecule has 1 amide bonds. The summed E-state index contributed by atoms with van der Waals surface area (Å²) in [5.41, 5.74) is -0.0704. The largest absolute Gasteiger partial charge is 0.363 e. The summed E-state index contributed by atoms with van der Waals surface area (Å²) in [6, 6.07) is 3.63. The lowest BCUT2D eigenvalue weighted by Crippen LogP contribution is -2.26. The molecule has 0 saturated heterocycles. The third-order valence-electron chi connectivity index (χ3n) is 3.22. The molecule has 6 heteroatoms. The van der Waals surface area contributed by atoms with Crippen LogP contribution in [0.4, 0.5) is 11.5 Å². The van der Waals surface area contributed by atoms with Gasteiger partial charge in [0.2, 0.25) is 5.91 Å². The van der Waals surface area contributed by atoms with Gasteiger partial charge in [0.1, 0.15) is 10.2 Å². The van der Waals surface area contributed by atoms with Gasteiger partial charge in [-0.2, -0.15) is 0 Å². The molecule has 1 aromatic heterocycles. The topological polar surface area (TPSA) is 45.2 Å². The molecule has 0 bridgehead atoms. The molecule has 0 aliphatic heterocycles. The van der Waals surface area contributed by atoms with Gasteiger partial charge in [0, 0.05) is 14.1 Å². The second kappa shape index (κ2) is 4.28. The predicted octanol–water partition coefficient (Wildman–Crippen LogP) is 2.67. The fourth-order valence-corrected chi connectivity index (χ4v) is 2.35. The van der Waals surface area contributed by atoms with Crippen molar-refractivity contribution < 1.29 is 4.79 Å². The zero-order valence-electron chi connectivity index (χ0n) is 10.5. The van der Waals surface area contributed by atoms with Crippen LogP contribution in [0.15, 0.2) is 18.3 Å². The summed E-state index contributed by atoms with van der Waals surface area (Å²) in [5.74, 6) is 0.654. The number of pyridine rings is 1. The number of amides is 1. The molecule has 1 N–H and O–H groups in total. The van der Waals surface area contributed by atoms with E-state index in [0.29, 0.717) is 12.1 Å². The third-order valence-corrected chi connectivity index (χ3v) is 4.32. The van der Waals surface area contributed by atoms with Crippen molar-refractivity contribution in [3.63, 3.8) is 0 Å². The number of nitrogens with zero attached hydrogens (tertiary/aromatic N) is 2. The Labute approximate surface area is 116 Å². The van der Waals surface area contributed by atoms with E-state index in [9.17, 15) is 4.79 Å². The maximum Gasteiger partial charge on any atom is 0.233 e. The van der Waals surface area contributed by atoms with Crippen LogP contribution in [-0.2, 0) is 4.79 Å². The van der Waals surface area contributed by atoms with E-state index in [0.717, 1.165) is 5.82 Å². The fraction of sp³-hybridized carbons (Fsp3) is 0.500. The number of alkyl halides is 2. The van der Waals surface area contributed by atoms with Crippen LogP contribution in [0.1, 0.15) is 13.3 Å². The van der Waals surface area contributed by atoms with Crippen molar-refractivity contribution in [3.8, 4) is 0 Å². The van der Waals surface area contributed by atoms with Crippen molar-refractivity contribution in [3.05, 3.63) is 18.3 Å². The lowest BCUT2D eigenvalue weighted by Gasteiger charge is -2.14. The standard InChI is InChI=1S/C12H15Cl2N3O/c1-11(7-12(11,13)14)10(18)16-8-4-5-9(15-6-8)17(2)3/h4-6H,7H2,1-3H3,(H,16,18)/t11-/m1/s1. The van der Waals surface area contributed by atoms with Crippen molar-refractivity contribution in [2.24, 2.45) is 5.41 Å². The highest BCUT2D eigenvalue weighted by atomic mass is 35.5. The van der Waals surface area contributed by atoms with E-state index in [1.54, 1.807) is 19.2 Å². The zero-order chi connectivity index (χ0) is 13.6. The van der Waals surface area contributed by atoms with Crippen molar-refractivity contribution >= 4 is 40.6 Å². The molecule has 1 aromatic rings. The van der Waals surface area contributed by atoms with Crippen LogP contribution in [0.3, 0.4) is 0 Å². The first-order valence-corrected chi connectivity index (χ1v) is 6.34. The molecule has 18 heavy (non-hydrogen) atoms. The predicted molar refractivity (Wildman–Crippen MR) is 74.4 cm³/mol. The second-order valence-corrected chi connectivity index (χ2v) is 6.45. The van der Waals surface area contributed by atoms with Crippen LogP contribution in [0, 0.1) is 5.41 Å². The van der Waals surface area contributed by atoms with Crippen LogP contribution in [0.25, 0.3) is 0 Å². The van der Waals surface area contributed by atoms with E-state index in [4.69, 9.17) is 23.2 Å². The molecule has 0 unspecified atom stereocenters. The first-order chi connectivity index (χ1) is 8.26. The van der Waals surface area contributed by atoms with Gasteiger partial charge in [-0.05, 0) is 25.5 Å². The van der Waals surface area contributed by atoms with Gasteiger partial charge in [-0.25, -0.2) is 4.98 Å². The Kier molecular flexibility index (Phi) is 3.19. The highest BCUT2D eigenvalue weighted by Gasteiger charge is 2.67. The Morgan fingerprint density at radius 1 is 1.44 bits per heavy atom. The van der Waals surface area contributed by atoms with Crippen LogP contribution >= 0.6 is 23.2 Å². The van der Waals surface area contributed by atoms with Crippen LogP contribution in [0.5, 0.6) is 0 Å². The lowest BCUT2D eigenvalue weighted by atomic mass is 10.1. The van der Waals surface area contributed by atoms with Crippen LogP contribution in [-0.4, -0.2) is 29.3 Å². The Balaban J connectivity index is 2.05. The van der Waals surface area contributed by atoms with Gasteiger partial charge >= 0.3 is 0 Å². The van der Waals surface area contributed by atoms with Gasteiger partial charge in [0.05, 0.1) is 17.3 Å². The summed E-state index contributed by atoms with van der Waals surface area (Å²) in [6.07, 6.45) is 2.08. The summed E-state index contributed by atoms with van der Waals surface area (Å²) in [4.78, 5) is 18.1. The molecular weight excluding hydrogens is 273 g/mol. The number of halogens is 2. The SMILES string of the molecule is CN(C)c1ccc(NC(=O)[C@@]2(C)CC2(Cl)Cl)cn1. The first kappa shape index (κ1) is 13.4. The number of nitrogens with one attached hydrogen (secondary N) is 1. The molecule has 2 rings (SSSR count). The Morgan fingerprint density at radius 2 is 2.06 bits per heavy atom. The van der Waals surface area contributed by atoms with Gasteiger partial charge in [0.15, 0.2) is 0 Å². The van der Waals surface area contributed by atoms with Gasteiger partial charge in [-0.1, -0.05) is 0 Å². The zero-order valence-corrected chi connectivity index (χ0v) is 12.0. The second-order valence-electron chi connectivity index (χ2n) is 4.97. The average Bonchev–Trinajstić information content (AvgIpc) is 2.80. The minimum Gasteiger partial charge on any atom is -0.363 e. The molecule has 1 heterocycles.